The third kappa shape index (κ3) is 5.42. The molecule has 1 rings (SSSR count). The number of alkyl carbamates (subject to hydrolysis) is 1. The van der Waals surface area contributed by atoms with Crippen LogP contribution < -0.4 is 5.32 Å². The van der Waals surface area contributed by atoms with Crippen molar-refractivity contribution in [1.82, 2.24) is 5.32 Å². The van der Waals surface area contributed by atoms with E-state index in [2.05, 4.69) is 27.8 Å². The van der Waals surface area contributed by atoms with Gasteiger partial charge in [-0.2, -0.15) is 0 Å². The van der Waals surface area contributed by atoms with Crippen molar-refractivity contribution < 1.29 is 13.9 Å². The molecule has 0 fully saturated rings. The number of carbonyl (C=O) groups excluding carboxylic acids is 1. The lowest BCUT2D eigenvalue weighted by Crippen LogP contribution is -2.34. The molecule has 1 N–H and O–H groups in total. The second-order valence-corrected chi connectivity index (χ2v) is 5.98. The average Bonchev–Trinajstić information content (AvgIpc) is 2.21. The van der Waals surface area contributed by atoms with Crippen molar-refractivity contribution in [2.45, 2.75) is 32.4 Å². The normalized spacial score (nSPS) is 12.7. The number of ether oxygens (including phenoxy) is 1. The fourth-order valence-electron chi connectivity index (χ4n) is 1.47. The minimum atomic E-state index is -0.585. The second kappa shape index (κ2) is 6.19. The number of hydrogen-bond acceptors (Lipinski definition) is 2. The lowest BCUT2D eigenvalue weighted by molar-refractivity contribution is 0.0514. The molecule has 0 aliphatic carbocycles. The zero-order valence-electron chi connectivity index (χ0n) is 11.2. The fraction of sp³-hybridized carbons (Fsp3) is 0.357. The number of nitrogens with one attached hydrogen (secondary N) is 1. The summed E-state index contributed by atoms with van der Waals surface area (Å²) in [6.45, 7) is 8.95. The Balaban J connectivity index is 2.84. The van der Waals surface area contributed by atoms with Crippen LogP contribution in [0.3, 0.4) is 0 Å². The predicted octanol–water partition coefficient (Wildman–Crippen LogP) is 4.34. The van der Waals surface area contributed by atoms with Crippen LogP contribution >= 0.6 is 15.9 Å². The highest BCUT2D eigenvalue weighted by Crippen LogP contribution is 2.21. The van der Waals surface area contributed by atoms with Gasteiger partial charge in [0.15, 0.2) is 0 Å². The van der Waals surface area contributed by atoms with Crippen LogP contribution in [0.2, 0.25) is 0 Å². The molecule has 0 spiro atoms. The summed E-state index contributed by atoms with van der Waals surface area (Å²) in [4.78, 5) is 11.7. The van der Waals surface area contributed by atoms with Crippen molar-refractivity contribution in [1.29, 1.82) is 0 Å². The average molecular weight is 330 g/mol. The van der Waals surface area contributed by atoms with Crippen molar-refractivity contribution >= 4 is 22.0 Å². The first-order valence-corrected chi connectivity index (χ1v) is 6.58. The summed E-state index contributed by atoms with van der Waals surface area (Å²) in [5.74, 6) is -0.387. The summed E-state index contributed by atoms with van der Waals surface area (Å²) >= 11 is 3.21. The molecule has 0 aliphatic rings. The van der Waals surface area contributed by atoms with Crippen LogP contribution in [-0.2, 0) is 4.74 Å². The maximum Gasteiger partial charge on any atom is 0.408 e. The molecular weight excluding hydrogens is 313 g/mol. The maximum absolute atomic E-state index is 13.3. The molecule has 3 nitrogen and oxygen atoms in total. The molecular formula is C14H17BrFNO2. The van der Waals surface area contributed by atoms with Gasteiger partial charge in [-0.1, -0.05) is 22.0 Å². The molecule has 0 saturated heterocycles. The van der Waals surface area contributed by atoms with E-state index in [9.17, 15) is 9.18 Å². The Morgan fingerprint density at radius 3 is 2.58 bits per heavy atom. The van der Waals surface area contributed by atoms with E-state index in [0.29, 0.717) is 10.0 Å². The van der Waals surface area contributed by atoms with Gasteiger partial charge >= 0.3 is 6.09 Å². The molecule has 0 aromatic heterocycles. The van der Waals surface area contributed by atoms with E-state index in [1.54, 1.807) is 26.8 Å². The number of carbonyl (C=O) groups is 1. The van der Waals surface area contributed by atoms with Crippen LogP contribution in [0, 0.1) is 5.82 Å². The van der Waals surface area contributed by atoms with Crippen LogP contribution in [0.4, 0.5) is 9.18 Å². The number of rotatable bonds is 3. The number of benzene rings is 1. The van der Waals surface area contributed by atoms with Crippen LogP contribution in [0.15, 0.2) is 35.3 Å². The lowest BCUT2D eigenvalue weighted by Gasteiger charge is -2.22. The predicted molar refractivity (Wildman–Crippen MR) is 76.4 cm³/mol. The Labute approximate surface area is 121 Å². The van der Waals surface area contributed by atoms with Gasteiger partial charge in [0.2, 0.25) is 0 Å². The van der Waals surface area contributed by atoms with Crippen LogP contribution in [0.25, 0.3) is 0 Å². The number of halogens is 2. The lowest BCUT2D eigenvalue weighted by atomic mass is 10.1. The van der Waals surface area contributed by atoms with Gasteiger partial charge in [0.05, 0.1) is 6.04 Å². The first-order valence-electron chi connectivity index (χ1n) is 5.79. The summed E-state index contributed by atoms with van der Waals surface area (Å²) in [5, 5.41) is 2.63. The van der Waals surface area contributed by atoms with E-state index in [1.165, 1.54) is 18.2 Å². The zero-order chi connectivity index (χ0) is 14.6. The Morgan fingerprint density at radius 2 is 2.11 bits per heavy atom. The molecule has 0 unspecified atom stereocenters. The van der Waals surface area contributed by atoms with Crippen LogP contribution in [0.1, 0.15) is 32.4 Å². The van der Waals surface area contributed by atoms with E-state index in [0.717, 1.165) is 0 Å². The van der Waals surface area contributed by atoms with Crippen molar-refractivity contribution in [2.75, 3.05) is 0 Å². The van der Waals surface area contributed by atoms with Crippen molar-refractivity contribution in [3.05, 3.63) is 46.7 Å². The fourth-order valence-corrected chi connectivity index (χ4v) is 1.95. The van der Waals surface area contributed by atoms with E-state index in [1.807, 2.05) is 0 Å². The van der Waals surface area contributed by atoms with E-state index < -0.39 is 17.7 Å². The third-order valence-corrected chi connectivity index (χ3v) is 2.61. The zero-order valence-corrected chi connectivity index (χ0v) is 12.8. The molecule has 1 aromatic carbocycles. The molecule has 0 saturated carbocycles. The molecule has 0 heterocycles. The number of amides is 1. The summed E-state index contributed by atoms with van der Waals surface area (Å²) in [7, 11) is 0. The third-order valence-electron chi connectivity index (χ3n) is 2.15. The molecule has 0 bridgehead atoms. The van der Waals surface area contributed by atoms with Gasteiger partial charge < -0.3 is 10.1 Å². The van der Waals surface area contributed by atoms with Crippen molar-refractivity contribution in [3.63, 3.8) is 0 Å². The summed E-state index contributed by atoms with van der Waals surface area (Å²) in [6.07, 6.45) is 0.947. The van der Waals surface area contributed by atoms with Gasteiger partial charge in [-0.3, -0.25) is 0 Å². The summed E-state index contributed by atoms with van der Waals surface area (Å²) in [6, 6.07) is 3.89. The molecule has 1 amide bonds. The SMILES string of the molecule is C=C[C@H](NC(=O)OC(C)(C)C)c1cc(F)cc(Br)c1. The van der Waals surface area contributed by atoms with Crippen LogP contribution in [0.5, 0.6) is 0 Å². The van der Waals surface area contributed by atoms with Gasteiger partial charge in [0.25, 0.3) is 0 Å². The summed E-state index contributed by atoms with van der Waals surface area (Å²) in [5.41, 5.74) is 0.00550. The minimum Gasteiger partial charge on any atom is -0.444 e. The molecule has 1 atom stereocenters. The molecule has 5 heteroatoms. The Morgan fingerprint density at radius 1 is 1.47 bits per heavy atom. The largest absolute Gasteiger partial charge is 0.444 e. The maximum atomic E-state index is 13.3. The molecule has 0 aliphatic heterocycles. The van der Waals surface area contributed by atoms with E-state index in [-0.39, 0.29) is 5.82 Å². The minimum absolute atomic E-state index is 0.387. The highest BCUT2D eigenvalue weighted by molar-refractivity contribution is 9.10. The van der Waals surface area contributed by atoms with Gasteiger partial charge in [-0.05, 0) is 44.5 Å². The Kier molecular flexibility index (Phi) is 5.11. The first kappa shape index (κ1) is 15.7. The van der Waals surface area contributed by atoms with Gasteiger partial charge in [-0.15, -0.1) is 6.58 Å². The van der Waals surface area contributed by atoms with Crippen molar-refractivity contribution in [2.24, 2.45) is 0 Å². The number of hydrogen-bond donors (Lipinski definition) is 1. The topological polar surface area (TPSA) is 38.3 Å². The van der Waals surface area contributed by atoms with Gasteiger partial charge in [-0.25, -0.2) is 9.18 Å². The monoisotopic (exact) mass is 329 g/mol. The van der Waals surface area contributed by atoms with E-state index >= 15 is 0 Å². The first-order chi connectivity index (χ1) is 8.71. The van der Waals surface area contributed by atoms with Crippen molar-refractivity contribution in [3.8, 4) is 0 Å². The van der Waals surface area contributed by atoms with E-state index in [4.69, 9.17) is 4.74 Å². The molecule has 0 radical (unpaired) electrons. The Bertz CT molecular complexity index is 463. The standard InChI is InChI=1S/C14H17BrFNO2/c1-5-12(17-13(18)19-14(2,3)4)9-6-10(15)8-11(16)7-9/h5-8,12H,1H2,2-4H3,(H,17,18)/t12-/m0/s1. The molecule has 104 valence electrons. The molecule has 1 aromatic rings. The quantitative estimate of drug-likeness (QED) is 0.837. The van der Waals surface area contributed by atoms with Crippen LogP contribution in [-0.4, -0.2) is 11.7 Å². The van der Waals surface area contributed by atoms with Gasteiger partial charge in [0.1, 0.15) is 11.4 Å². The highest BCUT2D eigenvalue weighted by atomic mass is 79.9. The summed E-state index contributed by atoms with van der Waals surface area (Å²) < 4.78 is 19.1. The second-order valence-electron chi connectivity index (χ2n) is 5.06. The smallest absolute Gasteiger partial charge is 0.408 e. The molecule has 19 heavy (non-hydrogen) atoms. The van der Waals surface area contributed by atoms with Gasteiger partial charge in [0, 0.05) is 4.47 Å². The highest BCUT2D eigenvalue weighted by Gasteiger charge is 2.19. The Hall–Kier alpha value is -1.36.